The Hall–Kier alpha value is -1.95. The Balaban J connectivity index is 2.05. The minimum atomic E-state index is -0.404. The van der Waals surface area contributed by atoms with Gasteiger partial charge in [-0.1, -0.05) is 25.5 Å². The number of unbranched alkanes of at least 4 members (excludes halogenated alkanes) is 1. The number of nitrogens with zero attached hydrogens (tertiary/aromatic N) is 2. The summed E-state index contributed by atoms with van der Waals surface area (Å²) in [6.07, 6.45) is 3.24. The molecule has 2 aromatic rings. The van der Waals surface area contributed by atoms with E-state index in [9.17, 15) is 10.1 Å². The van der Waals surface area contributed by atoms with Crippen molar-refractivity contribution in [3.63, 3.8) is 0 Å². The van der Waals surface area contributed by atoms with Crippen molar-refractivity contribution in [2.45, 2.75) is 39.7 Å². The van der Waals surface area contributed by atoms with Gasteiger partial charge in [0.05, 0.1) is 15.6 Å². The van der Waals surface area contributed by atoms with Gasteiger partial charge in [-0.25, -0.2) is 4.98 Å². The summed E-state index contributed by atoms with van der Waals surface area (Å²) in [5, 5.41) is 14.1. The van der Waals surface area contributed by atoms with E-state index < -0.39 is 4.92 Å². The number of hydrogen-bond acceptors (Lipinski definition) is 5. The van der Waals surface area contributed by atoms with Crippen LogP contribution in [0.25, 0.3) is 0 Å². The van der Waals surface area contributed by atoms with E-state index in [2.05, 4.69) is 11.9 Å². The average molecular weight is 306 g/mol. The summed E-state index contributed by atoms with van der Waals surface area (Å²) < 4.78 is 5.59. The predicted molar refractivity (Wildman–Crippen MR) is 82.9 cm³/mol. The second kappa shape index (κ2) is 7.17. The maximum Gasteiger partial charge on any atom is 0.313 e. The minimum Gasteiger partial charge on any atom is -0.480 e. The van der Waals surface area contributed by atoms with Crippen LogP contribution in [0.5, 0.6) is 5.75 Å². The Kier molecular flexibility index (Phi) is 5.27. The van der Waals surface area contributed by atoms with E-state index in [1.807, 2.05) is 5.38 Å². The summed E-state index contributed by atoms with van der Waals surface area (Å²) in [4.78, 5) is 15.2. The van der Waals surface area contributed by atoms with Gasteiger partial charge >= 0.3 is 5.69 Å². The molecule has 0 unspecified atom stereocenters. The molecule has 0 fully saturated rings. The van der Waals surface area contributed by atoms with Gasteiger partial charge in [0, 0.05) is 10.9 Å². The van der Waals surface area contributed by atoms with Crippen LogP contribution in [0.3, 0.4) is 0 Å². The first-order chi connectivity index (χ1) is 10.1. The summed E-state index contributed by atoms with van der Waals surface area (Å²) in [6, 6.07) is 5.08. The molecule has 0 aliphatic rings. The van der Waals surface area contributed by atoms with Gasteiger partial charge in [-0.2, -0.15) is 0 Å². The fourth-order valence-corrected chi connectivity index (χ4v) is 2.82. The lowest BCUT2D eigenvalue weighted by Gasteiger charge is -2.06. The van der Waals surface area contributed by atoms with Crippen LogP contribution in [-0.4, -0.2) is 9.91 Å². The molecule has 1 aromatic carbocycles. The molecule has 1 heterocycles. The topological polar surface area (TPSA) is 65.3 Å². The SMILES string of the molecule is CCCCc1nc(COc2cccc(C)c2[N+](=O)[O-])cs1. The van der Waals surface area contributed by atoms with E-state index in [1.165, 1.54) is 0 Å². The van der Waals surface area contributed by atoms with Crippen molar-refractivity contribution in [2.75, 3.05) is 0 Å². The van der Waals surface area contributed by atoms with Crippen LogP contribution < -0.4 is 4.74 Å². The van der Waals surface area contributed by atoms with Crippen molar-refractivity contribution in [3.8, 4) is 5.75 Å². The van der Waals surface area contributed by atoms with Crippen LogP contribution in [0.4, 0.5) is 5.69 Å². The fraction of sp³-hybridized carbons (Fsp3) is 0.400. The molecule has 0 atom stereocenters. The Morgan fingerprint density at radius 1 is 1.43 bits per heavy atom. The van der Waals surface area contributed by atoms with E-state index in [0.717, 1.165) is 30.0 Å². The summed E-state index contributed by atoms with van der Waals surface area (Å²) in [5.41, 5.74) is 1.44. The first kappa shape index (κ1) is 15.4. The Labute approximate surface area is 127 Å². The van der Waals surface area contributed by atoms with Crippen LogP contribution in [0.2, 0.25) is 0 Å². The van der Waals surface area contributed by atoms with Crippen molar-refractivity contribution >= 4 is 17.0 Å². The minimum absolute atomic E-state index is 0.0268. The summed E-state index contributed by atoms with van der Waals surface area (Å²) >= 11 is 1.61. The molecule has 21 heavy (non-hydrogen) atoms. The smallest absolute Gasteiger partial charge is 0.313 e. The second-order valence-corrected chi connectivity index (χ2v) is 5.75. The van der Waals surface area contributed by atoms with Gasteiger partial charge in [-0.05, 0) is 25.8 Å². The highest BCUT2D eigenvalue weighted by Crippen LogP contribution is 2.30. The van der Waals surface area contributed by atoms with E-state index >= 15 is 0 Å². The molecule has 5 nitrogen and oxygen atoms in total. The maximum absolute atomic E-state index is 11.1. The zero-order valence-corrected chi connectivity index (χ0v) is 13.0. The maximum atomic E-state index is 11.1. The lowest BCUT2D eigenvalue weighted by Crippen LogP contribution is -2.01. The molecule has 0 aliphatic heterocycles. The number of aromatic nitrogens is 1. The van der Waals surface area contributed by atoms with Crippen molar-refractivity contribution in [3.05, 3.63) is 50.0 Å². The van der Waals surface area contributed by atoms with Crippen LogP contribution in [0.1, 0.15) is 36.0 Å². The standard InChI is InChI=1S/C15H18N2O3S/c1-3-4-8-14-16-12(10-21-14)9-20-13-7-5-6-11(2)15(13)17(18)19/h5-7,10H,3-4,8-9H2,1-2H3. The van der Waals surface area contributed by atoms with E-state index in [0.29, 0.717) is 11.3 Å². The second-order valence-electron chi connectivity index (χ2n) is 4.80. The Bertz CT molecular complexity index is 625. The quantitative estimate of drug-likeness (QED) is 0.565. The van der Waals surface area contributed by atoms with Gasteiger partial charge < -0.3 is 4.74 Å². The highest BCUT2D eigenvalue weighted by molar-refractivity contribution is 7.09. The number of nitro benzene ring substituents is 1. The van der Waals surface area contributed by atoms with Crippen molar-refractivity contribution in [1.82, 2.24) is 4.98 Å². The zero-order chi connectivity index (χ0) is 15.2. The average Bonchev–Trinajstić information content (AvgIpc) is 2.90. The Morgan fingerprint density at radius 2 is 2.24 bits per heavy atom. The zero-order valence-electron chi connectivity index (χ0n) is 12.2. The van der Waals surface area contributed by atoms with Gasteiger partial charge in [0.1, 0.15) is 6.61 Å². The van der Waals surface area contributed by atoms with E-state index in [4.69, 9.17) is 4.74 Å². The van der Waals surface area contributed by atoms with Crippen LogP contribution in [0.15, 0.2) is 23.6 Å². The van der Waals surface area contributed by atoms with Gasteiger partial charge in [0.2, 0.25) is 0 Å². The number of benzene rings is 1. The van der Waals surface area contributed by atoms with Crippen LogP contribution in [-0.2, 0) is 13.0 Å². The molecule has 112 valence electrons. The summed E-state index contributed by atoms with van der Waals surface area (Å²) in [6.45, 7) is 4.11. The van der Waals surface area contributed by atoms with Gasteiger partial charge in [-0.3, -0.25) is 10.1 Å². The molecule has 1 aromatic heterocycles. The fourth-order valence-electron chi connectivity index (χ4n) is 1.99. The predicted octanol–water partition coefficient (Wildman–Crippen LogP) is 4.28. The lowest BCUT2D eigenvalue weighted by molar-refractivity contribution is -0.386. The number of thiazole rings is 1. The first-order valence-electron chi connectivity index (χ1n) is 6.92. The molecule has 0 amide bonds. The highest BCUT2D eigenvalue weighted by atomic mass is 32.1. The van der Waals surface area contributed by atoms with Crippen molar-refractivity contribution in [2.24, 2.45) is 0 Å². The van der Waals surface area contributed by atoms with E-state index in [1.54, 1.807) is 36.5 Å². The number of aryl methyl sites for hydroxylation is 2. The lowest BCUT2D eigenvalue weighted by atomic mass is 10.2. The molecule has 0 aliphatic carbocycles. The molecule has 0 bridgehead atoms. The first-order valence-corrected chi connectivity index (χ1v) is 7.80. The van der Waals surface area contributed by atoms with Crippen LogP contribution in [0, 0.1) is 17.0 Å². The molecule has 0 radical (unpaired) electrons. The number of para-hydroxylation sites is 1. The molecule has 0 spiro atoms. The normalized spacial score (nSPS) is 10.6. The molecule has 0 saturated carbocycles. The number of hydrogen-bond donors (Lipinski definition) is 0. The van der Waals surface area contributed by atoms with Gasteiger partial charge in [0.15, 0.2) is 5.75 Å². The van der Waals surface area contributed by atoms with Gasteiger partial charge in [-0.15, -0.1) is 11.3 Å². The molecule has 6 heteroatoms. The Morgan fingerprint density at radius 3 is 2.95 bits per heavy atom. The number of nitro groups is 1. The largest absolute Gasteiger partial charge is 0.480 e. The van der Waals surface area contributed by atoms with Crippen molar-refractivity contribution < 1.29 is 9.66 Å². The van der Waals surface area contributed by atoms with Gasteiger partial charge in [0.25, 0.3) is 0 Å². The monoisotopic (exact) mass is 306 g/mol. The third-order valence-electron chi connectivity index (χ3n) is 3.10. The van der Waals surface area contributed by atoms with Crippen LogP contribution >= 0.6 is 11.3 Å². The third-order valence-corrected chi connectivity index (χ3v) is 4.06. The molecule has 0 saturated heterocycles. The molecular weight excluding hydrogens is 288 g/mol. The third kappa shape index (κ3) is 4.01. The summed E-state index contributed by atoms with van der Waals surface area (Å²) in [5.74, 6) is 0.295. The number of ether oxygens (including phenoxy) is 1. The van der Waals surface area contributed by atoms with Crippen molar-refractivity contribution in [1.29, 1.82) is 0 Å². The molecule has 0 N–H and O–H groups in total. The summed E-state index contributed by atoms with van der Waals surface area (Å²) in [7, 11) is 0. The highest BCUT2D eigenvalue weighted by Gasteiger charge is 2.18. The molecular formula is C15H18N2O3S. The molecule has 2 rings (SSSR count). The number of rotatable bonds is 7. The van der Waals surface area contributed by atoms with E-state index in [-0.39, 0.29) is 12.3 Å².